The van der Waals surface area contributed by atoms with Gasteiger partial charge in [-0.15, -0.1) is 0 Å². The third-order valence-corrected chi connectivity index (χ3v) is 7.68. The van der Waals surface area contributed by atoms with Gasteiger partial charge < -0.3 is 20.1 Å². The maximum atomic E-state index is 13.7. The molecule has 1 aromatic heterocycles. The van der Waals surface area contributed by atoms with Gasteiger partial charge in [0.1, 0.15) is 5.82 Å². The second-order valence-corrected chi connectivity index (χ2v) is 11.8. The molecule has 0 radical (unpaired) electrons. The van der Waals surface area contributed by atoms with Crippen LogP contribution in [0.25, 0.3) is 22.4 Å². The summed E-state index contributed by atoms with van der Waals surface area (Å²) in [5.41, 5.74) is 10.6. The highest BCUT2D eigenvalue weighted by Gasteiger charge is 2.20. The van der Waals surface area contributed by atoms with E-state index in [1.807, 2.05) is 30.3 Å². The number of rotatable bonds is 12. The van der Waals surface area contributed by atoms with Crippen molar-refractivity contribution < 1.29 is 4.79 Å². The number of nitrogens with two attached hydrogens (primary N) is 1. The largest absolute Gasteiger partial charge is 0.399 e. The van der Waals surface area contributed by atoms with Gasteiger partial charge in [0.2, 0.25) is 0 Å². The van der Waals surface area contributed by atoms with E-state index in [4.69, 9.17) is 10.7 Å². The second kappa shape index (κ2) is 13.3. The number of imidazole rings is 1. The lowest BCUT2D eigenvalue weighted by atomic mass is 10.1. The molecule has 1 fully saturated rings. The zero-order valence-electron chi connectivity index (χ0n) is 24.0. The van der Waals surface area contributed by atoms with Gasteiger partial charge in [-0.1, -0.05) is 46.2 Å². The number of aromatic nitrogens is 2. The summed E-state index contributed by atoms with van der Waals surface area (Å²) < 4.78 is 2.30. The number of nitrogens with zero attached hydrogens (tertiary/aromatic N) is 4. The van der Waals surface area contributed by atoms with Gasteiger partial charge in [0.15, 0.2) is 0 Å². The Bertz CT molecular complexity index is 1180. The van der Waals surface area contributed by atoms with Crippen molar-refractivity contribution in [1.82, 2.24) is 19.4 Å². The van der Waals surface area contributed by atoms with Gasteiger partial charge in [0, 0.05) is 36.4 Å². The summed E-state index contributed by atoms with van der Waals surface area (Å²) in [6.45, 7) is 14.8. The van der Waals surface area contributed by atoms with Crippen LogP contribution in [0.15, 0.2) is 42.5 Å². The standard InChI is InChI=1S/C32H47N5O/c1-24(2)14-20-36(21-15-25(3)4)32(38)27-12-13-29-30(23-27)37(19-9-18-35-16-6-5-7-17-35)31(34-29)26-10-8-11-28(33)22-26/h8,10-13,22-25H,5-7,9,14-21,33H2,1-4H3. The third-order valence-electron chi connectivity index (χ3n) is 7.68. The molecule has 3 aromatic rings. The van der Waals surface area contributed by atoms with E-state index in [2.05, 4.69) is 54.2 Å². The van der Waals surface area contributed by atoms with Gasteiger partial charge in [0.25, 0.3) is 5.91 Å². The van der Waals surface area contributed by atoms with E-state index < -0.39 is 0 Å². The van der Waals surface area contributed by atoms with Crippen molar-refractivity contribution in [3.05, 3.63) is 48.0 Å². The highest BCUT2D eigenvalue weighted by molar-refractivity contribution is 5.98. The minimum atomic E-state index is 0.125. The summed E-state index contributed by atoms with van der Waals surface area (Å²) in [5.74, 6) is 2.18. The molecule has 38 heavy (non-hydrogen) atoms. The van der Waals surface area contributed by atoms with Crippen molar-refractivity contribution >= 4 is 22.6 Å². The third kappa shape index (κ3) is 7.37. The van der Waals surface area contributed by atoms with Crippen molar-refractivity contribution in [2.24, 2.45) is 11.8 Å². The molecule has 4 rings (SSSR count). The Balaban J connectivity index is 1.64. The Morgan fingerprint density at radius 1 is 0.947 bits per heavy atom. The average Bonchev–Trinajstić information content (AvgIpc) is 3.26. The first kappa shape index (κ1) is 28.2. The van der Waals surface area contributed by atoms with Crippen molar-refractivity contribution in [1.29, 1.82) is 0 Å². The number of amides is 1. The number of anilines is 1. The maximum absolute atomic E-state index is 13.7. The molecule has 1 saturated heterocycles. The SMILES string of the molecule is CC(C)CCN(CCC(C)C)C(=O)c1ccc2nc(-c3cccc(N)c3)n(CCCN3CCCCC3)c2c1. The van der Waals surface area contributed by atoms with Gasteiger partial charge in [-0.3, -0.25) is 4.79 Å². The quantitative estimate of drug-likeness (QED) is 0.272. The van der Waals surface area contributed by atoms with Crippen LogP contribution in [0.2, 0.25) is 0 Å². The molecule has 1 aliphatic heterocycles. The summed E-state index contributed by atoms with van der Waals surface area (Å²) >= 11 is 0. The zero-order valence-corrected chi connectivity index (χ0v) is 24.0. The summed E-state index contributed by atoms with van der Waals surface area (Å²) in [5, 5.41) is 0. The van der Waals surface area contributed by atoms with Crippen LogP contribution in [0.5, 0.6) is 0 Å². The molecule has 1 aliphatic rings. The Labute approximate surface area is 229 Å². The lowest BCUT2D eigenvalue weighted by molar-refractivity contribution is 0.0741. The van der Waals surface area contributed by atoms with E-state index in [0.29, 0.717) is 11.8 Å². The molecule has 0 spiro atoms. The lowest BCUT2D eigenvalue weighted by Gasteiger charge is -2.26. The fraction of sp³-hybridized carbons (Fsp3) is 0.562. The number of hydrogen-bond donors (Lipinski definition) is 1. The number of carbonyl (C=O) groups is 1. The van der Waals surface area contributed by atoms with Gasteiger partial charge in [-0.2, -0.15) is 0 Å². The van der Waals surface area contributed by atoms with Crippen LogP contribution >= 0.6 is 0 Å². The number of benzene rings is 2. The molecular formula is C32H47N5O. The van der Waals surface area contributed by atoms with Crippen LogP contribution in [0.1, 0.15) is 76.6 Å². The van der Waals surface area contributed by atoms with Crippen LogP contribution in [-0.4, -0.2) is 58.0 Å². The van der Waals surface area contributed by atoms with Gasteiger partial charge in [0.05, 0.1) is 11.0 Å². The van der Waals surface area contributed by atoms with Crippen LogP contribution in [-0.2, 0) is 6.54 Å². The number of piperidine rings is 1. The maximum Gasteiger partial charge on any atom is 0.253 e. The van der Waals surface area contributed by atoms with Crippen molar-refractivity contribution in [3.63, 3.8) is 0 Å². The Kier molecular flexibility index (Phi) is 9.84. The van der Waals surface area contributed by atoms with Gasteiger partial charge >= 0.3 is 0 Å². The van der Waals surface area contributed by atoms with E-state index >= 15 is 0 Å². The first-order valence-electron chi connectivity index (χ1n) is 14.7. The molecule has 0 saturated carbocycles. The Morgan fingerprint density at radius 3 is 2.32 bits per heavy atom. The molecule has 0 atom stereocenters. The molecule has 0 aliphatic carbocycles. The molecule has 2 aromatic carbocycles. The molecule has 6 nitrogen and oxygen atoms in total. The molecule has 2 heterocycles. The number of fused-ring (bicyclic) bond motifs is 1. The van der Waals surface area contributed by atoms with E-state index in [9.17, 15) is 4.79 Å². The first-order valence-corrected chi connectivity index (χ1v) is 14.7. The highest BCUT2D eigenvalue weighted by atomic mass is 16.2. The van der Waals surface area contributed by atoms with Crippen molar-refractivity contribution in [2.75, 3.05) is 38.5 Å². The zero-order chi connectivity index (χ0) is 27.1. The Hall–Kier alpha value is -2.86. The van der Waals surface area contributed by atoms with Crippen LogP contribution in [0, 0.1) is 11.8 Å². The molecule has 206 valence electrons. The molecular weight excluding hydrogens is 470 g/mol. The molecule has 0 bridgehead atoms. The number of nitrogen functional groups attached to an aromatic ring is 1. The van der Waals surface area contributed by atoms with Crippen molar-refractivity contribution in [3.8, 4) is 11.4 Å². The van der Waals surface area contributed by atoms with E-state index in [-0.39, 0.29) is 5.91 Å². The summed E-state index contributed by atoms with van der Waals surface area (Å²) in [4.78, 5) is 23.4. The van der Waals surface area contributed by atoms with Gasteiger partial charge in [-0.25, -0.2) is 4.98 Å². The summed E-state index contributed by atoms with van der Waals surface area (Å²) in [6, 6.07) is 14.0. The molecule has 1 amide bonds. The van der Waals surface area contributed by atoms with E-state index in [1.165, 1.54) is 32.4 Å². The van der Waals surface area contributed by atoms with E-state index in [1.54, 1.807) is 0 Å². The number of likely N-dealkylation sites (tertiary alicyclic amines) is 1. The minimum Gasteiger partial charge on any atom is -0.399 e. The minimum absolute atomic E-state index is 0.125. The predicted molar refractivity (Wildman–Crippen MR) is 159 cm³/mol. The molecule has 0 unspecified atom stereocenters. The smallest absolute Gasteiger partial charge is 0.253 e. The average molecular weight is 518 g/mol. The Morgan fingerprint density at radius 2 is 1.66 bits per heavy atom. The second-order valence-electron chi connectivity index (χ2n) is 11.8. The van der Waals surface area contributed by atoms with Crippen LogP contribution < -0.4 is 5.73 Å². The molecule has 2 N–H and O–H groups in total. The summed E-state index contributed by atoms with van der Waals surface area (Å²) in [6.07, 6.45) is 7.04. The fourth-order valence-electron chi connectivity index (χ4n) is 5.34. The highest BCUT2D eigenvalue weighted by Crippen LogP contribution is 2.28. The normalized spacial score (nSPS) is 14.6. The number of hydrogen-bond acceptors (Lipinski definition) is 4. The lowest BCUT2D eigenvalue weighted by Crippen LogP contribution is -2.34. The molecule has 6 heteroatoms. The first-order chi connectivity index (χ1) is 18.3. The topological polar surface area (TPSA) is 67.4 Å². The number of carbonyl (C=O) groups excluding carboxylic acids is 1. The monoisotopic (exact) mass is 517 g/mol. The number of aryl methyl sites for hydroxylation is 1. The van der Waals surface area contributed by atoms with Gasteiger partial charge in [-0.05, 0) is 93.9 Å². The van der Waals surface area contributed by atoms with Crippen LogP contribution in [0.3, 0.4) is 0 Å². The summed E-state index contributed by atoms with van der Waals surface area (Å²) in [7, 11) is 0. The van der Waals surface area contributed by atoms with Crippen molar-refractivity contribution in [2.45, 2.75) is 72.8 Å². The predicted octanol–water partition coefficient (Wildman–Crippen LogP) is 6.70. The fourth-order valence-corrected chi connectivity index (χ4v) is 5.34. The van der Waals surface area contributed by atoms with E-state index in [0.717, 1.165) is 79.1 Å². The van der Waals surface area contributed by atoms with Crippen LogP contribution in [0.4, 0.5) is 5.69 Å².